The Bertz CT molecular complexity index is 516. The minimum atomic E-state index is -0.0438. The van der Waals surface area contributed by atoms with Gasteiger partial charge >= 0.3 is 6.03 Å². The standard InChI is InChI=1S/C18H32N4O2/c1-13-16(14(2)24-20-13)12-22(5)18(23)19-11-17(21(3)4)15-9-7-6-8-10-15/h15,17H,6-12H2,1-5H3,(H,19,23). The smallest absolute Gasteiger partial charge is 0.317 e. The second-order valence-electron chi connectivity index (χ2n) is 7.27. The zero-order valence-corrected chi connectivity index (χ0v) is 15.8. The van der Waals surface area contributed by atoms with Crippen molar-refractivity contribution in [3.63, 3.8) is 0 Å². The summed E-state index contributed by atoms with van der Waals surface area (Å²) in [7, 11) is 6.03. The second kappa shape index (κ2) is 8.51. The first kappa shape index (κ1) is 18.8. The van der Waals surface area contributed by atoms with Crippen LogP contribution in [0.25, 0.3) is 0 Å². The molecule has 1 aromatic rings. The normalized spacial score (nSPS) is 17.1. The van der Waals surface area contributed by atoms with Crippen molar-refractivity contribution in [3.05, 3.63) is 17.0 Å². The van der Waals surface area contributed by atoms with Crippen LogP contribution in [0, 0.1) is 19.8 Å². The van der Waals surface area contributed by atoms with Crippen LogP contribution in [0.2, 0.25) is 0 Å². The lowest BCUT2D eigenvalue weighted by molar-refractivity contribution is 0.160. The highest BCUT2D eigenvalue weighted by Crippen LogP contribution is 2.28. The monoisotopic (exact) mass is 336 g/mol. The van der Waals surface area contributed by atoms with Crippen molar-refractivity contribution < 1.29 is 9.32 Å². The quantitative estimate of drug-likeness (QED) is 0.867. The molecule has 1 N–H and O–H groups in total. The van der Waals surface area contributed by atoms with E-state index in [1.165, 1.54) is 32.1 Å². The van der Waals surface area contributed by atoms with Gasteiger partial charge in [-0.3, -0.25) is 0 Å². The molecule has 136 valence electrons. The van der Waals surface area contributed by atoms with E-state index in [1.807, 2.05) is 20.9 Å². The molecule has 6 heteroatoms. The van der Waals surface area contributed by atoms with Crippen LogP contribution in [0.3, 0.4) is 0 Å². The first-order valence-electron chi connectivity index (χ1n) is 8.97. The molecule has 0 saturated heterocycles. The zero-order valence-electron chi connectivity index (χ0n) is 15.8. The Morgan fingerprint density at radius 1 is 1.25 bits per heavy atom. The van der Waals surface area contributed by atoms with Crippen molar-refractivity contribution >= 4 is 6.03 Å². The lowest BCUT2D eigenvalue weighted by atomic mass is 9.83. The maximum absolute atomic E-state index is 12.4. The summed E-state index contributed by atoms with van der Waals surface area (Å²) in [4.78, 5) is 16.4. The predicted octanol–water partition coefficient (Wildman–Crippen LogP) is 2.94. The molecule has 1 unspecified atom stereocenters. The topological polar surface area (TPSA) is 61.6 Å². The van der Waals surface area contributed by atoms with Crippen molar-refractivity contribution in [2.24, 2.45) is 5.92 Å². The van der Waals surface area contributed by atoms with Crippen LogP contribution in [0.15, 0.2) is 4.52 Å². The molecule has 24 heavy (non-hydrogen) atoms. The summed E-state index contributed by atoms with van der Waals surface area (Å²) in [5, 5.41) is 7.05. The summed E-state index contributed by atoms with van der Waals surface area (Å²) in [5.74, 6) is 1.46. The van der Waals surface area contributed by atoms with Gasteiger partial charge in [0.2, 0.25) is 0 Å². The molecule has 1 saturated carbocycles. The fourth-order valence-electron chi connectivity index (χ4n) is 3.65. The van der Waals surface area contributed by atoms with Crippen LogP contribution < -0.4 is 5.32 Å². The summed E-state index contributed by atoms with van der Waals surface area (Å²) in [6.07, 6.45) is 6.52. The zero-order chi connectivity index (χ0) is 17.7. The van der Waals surface area contributed by atoms with Crippen molar-refractivity contribution in [1.29, 1.82) is 0 Å². The van der Waals surface area contributed by atoms with Gasteiger partial charge in [0.1, 0.15) is 5.76 Å². The highest BCUT2D eigenvalue weighted by Gasteiger charge is 2.26. The fourth-order valence-corrected chi connectivity index (χ4v) is 3.65. The summed E-state index contributed by atoms with van der Waals surface area (Å²) >= 11 is 0. The molecular formula is C18H32N4O2. The number of hydrogen-bond acceptors (Lipinski definition) is 4. The third kappa shape index (κ3) is 4.72. The Kier molecular flexibility index (Phi) is 6.66. The number of likely N-dealkylation sites (N-methyl/N-ethyl adjacent to an activating group) is 1. The summed E-state index contributed by atoms with van der Waals surface area (Å²) < 4.78 is 5.17. The van der Waals surface area contributed by atoms with E-state index in [-0.39, 0.29) is 6.03 Å². The van der Waals surface area contributed by atoms with E-state index in [0.29, 0.717) is 25.0 Å². The Morgan fingerprint density at radius 2 is 1.92 bits per heavy atom. The molecule has 1 aliphatic rings. The first-order chi connectivity index (χ1) is 11.4. The summed E-state index contributed by atoms with van der Waals surface area (Å²) in [6.45, 7) is 5.00. The molecule has 6 nitrogen and oxygen atoms in total. The number of carbonyl (C=O) groups excluding carboxylic acids is 1. The van der Waals surface area contributed by atoms with Gasteiger partial charge in [0, 0.05) is 25.2 Å². The van der Waals surface area contributed by atoms with Gasteiger partial charge in [-0.15, -0.1) is 0 Å². The molecule has 1 aromatic heterocycles. The van der Waals surface area contributed by atoms with E-state index in [0.717, 1.165) is 17.0 Å². The highest BCUT2D eigenvalue weighted by atomic mass is 16.5. The number of carbonyl (C=O) groups is 1. The molecule has 1 fully saturated rings. The lowest BCUT2D eigenvalue weighted by Crippen LogP contribution is -2.48. The van der Waals surface area contributed by atoms with E-state index >= 15 is 0 Å². The van der Waals surface area contributed by atoms with Gasteiger partial charge in [-0.1, -0.05) is 24.4 Å². The number of hydrogen-bond donors (Lipinski definition) is 1. The third-order valence-electron chi connectivity index (χ3n) is 5.24. The third-order valence-corrected chi connectivity index (χ3v) is 5.24. The van der Waals surface area contributed by atoms with Crippen LogP contribution in [0.4, 0.5) is 4.79 Å². The molecule has 0 radical (unpaired) electrons. The Morgan fingerprint density at radius 3 is 2.46 bits per heavy atom. The molecule has 1 atom stereocenters. The molecule has 1 aliphatic carbocycles. The number of urea groups is 1. The lowest BCUT2D eigenvalue weighted by Gasteiger charge is -2.35. The minimum Gasteiger partial charge on any atom is -0.361 e. The largest absolute Gasteiger partial charge is 0.361 e. The van der Waals surface area contributed by atoms with Crippen molar-refractivity contribution in [2.45, 2.75) is 58.5 Å². The maximum atomic E-state index is 12.4. The molecular weight excluding hydrogens is 304 g/mol. The number of nitrogens with one attached hydrogen (secondary N) is 1. The van der Waals surface area contributed by atoms with Crippen LogP contribution >= 0.6 is 0 Å². The number of amides is 2. The molecule has 2 rings (SSSR count). The maximum Gasteiger partial charge on any atom is 0.317 e. The average molecular weight is 336 g/mol. The van der Waals surface area contributed by atoms with Gasteiger partial charge in [0.05, 0.1) is 12.2 Å². The van der Waals surface area contributed by atoms with Gasteiger partial charge in [0.15, 0.2) is 0 Å². The van der Waals surface area contributed by atoms with Gasteiger partial charge < -0.3 is 19.6 Å². The number of nitrogens with zero attached hydrogens (tertiary/aromatic N) is 3. The molecule has 0 spiro atoms. The Labute approximate surface area is 145 Å². The first-order valence-corrected chi connectivity index (χ1v) is 8.97. The van der Waals surface area contributed by atoms with Gasteiger partial charge in [-0.25, -0.2) is 4.79 Å². The van der Waals surface area contributed by atoms with Crippen LogP contribution in [-0.4, -0.2) is 54.7 Å². The summed E-state index contributed by atoms with van der Waals surface area (Å²) in [5.41, 5.74) is 1.84. The molecule has 1 heterocycles. The molecule has 0 bridgehead atoms. The average Bonchev–Trinajstić information content (AvgIpc) is 2.87. The van der Waals surface area contributed by atoms with Gasteiger partial charge in [0.25, 0.3) is 0 Å². The van der Waals surface area contributed by atoms with Crippen molar-refractivity contribution in [3.8, 4) is 0 Å². The number of rotatable bonds is 6. The van der Waals surface area contributed by atoms with Gasteiger partial charge in [-0.2, -0.15) is 0 Å². The summed E-state index contributed by atoms with van der Waals surface area (Å²) in [6, 6.07) is 0.361. The van der Waals surface area contributed by atoms with E-state index in [2.05, 4.69) is 29.5 Å². The van der Waals surface area contributed by atoms with Crippen molar-refractivity contribution in [2.75, 3.05) is 27.7 Å². The number of aromatic nitrogens is 1. The van der Waals surface area contributed by atoms with Crippen LogP contribution in [0.5, 0.6) is 0 Å². The Balaban J connectivity index is 1.88. The molecule has 2 amide bonds. The van der Waals surface area contributed by atoms with Crippen molar-refractivity contribution in [1.82, 2.24) is 20.3 Å². The van der Waals surface area contributed by atoms with Gasteiger partial charge in [-0.05, 0) is 46.7 Å². The van der Waals surface area contributed by atoms with E-state index in [4.69, 9.17) is 4.52 Å². The fraction of sp³-hybridized carbons (Fsp3) is 0.778. The molecule has 0 aromatic carbocycles. The van der Waals surface area contributed by atoms with Crippen LogP contribution in [0.1, 0.15) is 49.1 Å². The second-order valence-corrected chi connectivity index (χ2v) is 7.27. The molecule has 0 aliphatic heterocycles. The number of aryl methyl sites for hydroxylation is 2. The predicted molar refractivity (Wildman–Crippen MR) is 94.9 cm³/mol. The van der Waals surface area contributed by atoms with Crippen LogP contribution in [-0.2, 0) is 6.54 Å². The Hall–Kier alpha value is -1.56. The van der Waals surface area contributed by atoms with E-state index < -0.39 is 0 Å². The highest BCUT2D eigenvalue weighted by molar-refractivity contribution is 5.73. The van der Waals surface area contributed by atoms with E-state index in [9.17, 15) is 4.79 Å². The SMILES string of the molecule is Cc1noc(C)c1CN(C)C(=O)NCC(C1CCCCC1)N(C)C. The minimum absolute atomic E-state index is 0.0438. The van der Waals surface area contributed by atoms with E-state index in [1.54, 1.807) is 4.90 Å².